The van der Waals surface area contributed by atoms with E-state index >= 15 is 0 Å². The van der Waals surface area contributed by atoms with Crippen molar-refractivity contribution in [1.29, 1.82) is 0 Å². The van der Waals surface area contributed by atoms with E-state index in [9.17, 15) is 19.7 Å². The number of para-hydroxylation sites is 1. The van der Waals surface area contributed by atoms with Crippen molar-refractivity contribution in [3.8, 4) is 0 Å². The smallest absolute Gasteiger partial charge is 0.404 e. The predicted molar refractivity (Wildman–Crippen MR) is 96.1 cm³/mol. The Balaban J connectivity index is 2.13. The number of hydrogen-bond acceptors (Lipinski definition) is 6. The molecule has 0 atom stereocenters. The molecule has 0 bridgehead atoms. The van der Waals surface area contributed by atoms with Crippen molar-refractivity contribution in [2.24, 2.45) is 5.73 Å². The molecule has 0 saturated heterocycles. The number of nitro benzene ring substituents is 1. The predicted octanol–water partition coefficient (Wildman–Crippen LogP) is 2.51. The van der Waals surface area contributed by atoms with Gasteiger partial charge in [0.05, 0.1) is 17.1 Å². The Bertz CT molecular complexity index is 700. The van der Waals surface area contributed by atoms with Gasteiger partial charge in [-0.1, -0.05) is 6.07 Å². The van der Waals surface area contributed by atoms with Crippen LogP contribution in [0.4, 0.5) is 16.2 Å². The molecule has 1 fully saturated rings. The number of carbonyl (C=O) groups excluding carboxylic acids is 2. The molecule has 0 radical (unpaired) electrons. The van der Waals surface area contributed by atoms with E-state index < -0.39 is 11.0 Å². The molecule has 1 saturated carbocycles. The monoisotopic (exact) mass is 364 g/mol. The molecule has 0 spiro atoms. The van der Waals surface area contributed by atoms with E-state index in [1.807, 2.05) is 0 Å². The molecule has 2 rings (SSSR count). The van der Waals surface area contributed by atoms with Gasteiger partial charge in [0.1, 0.15) is 5.69 Å². The summed E-state index contributed by atoms with van der Waals surface area (Å²) in [7, 11) is 3.22. The number of carbonyl (C=O) groups is 2. The second kappa shape index (κ2) is 8.03. The van der Waals surface area contributed by atoms with Gasteiger partial charge in [-0.05, 0) is 38.2 Å². The van der Waals surface area contributed by atoms with Gasteiger partial charge in [-0.3, -0.25) is 14.9 Å². The van der Waals surface area contributed by atoms with E-state index in [2.05, 4.69) is 5.32 Å². The van der Waals surface area contributed by atoms with E-state index in [4.69, 9.17) is 10.5 Å². The topological polar surface area (TPSA) is 128 Å². The Hall–Kier alpha value is -2.84. The van der Waals surface area contributed by atoms with Crippen LogP contribution in [0.2, 0.25) is 0 Å². The highest BCUT2D eigenvalue weighted by Gasteiger charge is 2.43. The minimum atomic E-state index is -0.795. The standard InChI is InChI=1S/C17H24N4O5/c1-20(2)15(22)12-6-5-7-13(21(24)25)14(12)19-17(9-10-17)8-3-4-11-26-16(18)23/h5-7,19H,3-4,8-11H2,1-2H3,(H2,18,23). The van der Waals surface area contributed by atoms with Crippen LogP contribution in [-0.4, -0.2) is 48.1 Å². The lowest BCUT2D eigenvalue weighted by atomic mass is 10.0. The molecule has 1 aliphatic carbocycles. The number of ether oxygens (including phenoxy) is 1. The maximum atomic E-state index is 12.4. The first-order valence-electron chi connectivity index (χ1n) is 8.45. The van der Waals surface area contributed by atoms with Crippen molar-refractivity contribution in [2.75, 3.05) is 26.0 Å². The van der Waals surface area contributed by atoms with Gasteiger partial charge in [0, 0.05) is 25.7 Å². The number of nitrogens with zero attached hydrogens (tertiary/aromatic N) is 2. The highest BCUT2D eigenvalue weighted by molar-refractivity contribution is 6.01. The Labute approximate surface area is 151 Å². The normalized spacial score (nSPS) is 14.4. The summed E-state index contributed by atoms with van der Waals surface area (Å²) < 4.78 is 4.70. The number of hydrogen-bond donors (Lipinski definition) is 2. The zero-order valence-corrected chi connectivity index (χ0v) is 15.0. The van der Waals surface area contributed by atoms with Crippen LogP contribution in [0, 0.1) is 10.1 Å². The summed E-state index contributed by atoms with van der Waals surface area (Å²) in [6, 6.07) is 4.50. The molecule has 142 valence electrons. The van der Waals surface area contributed by atoms with E-state index in [0.717, 1.165) is 25.7 Å². The maximum absolute atomic E-state index is 12.4. The van der Waals surface area contributed by atoms with E-state index in [1.165, 1.54) is 17.0 Å². The number of nitro groups is 1. The number of primary amides is 1. The van der Waals surface area contributed by atoms with Crippen molar-refractivity contribution in [3.05, 3.63) is 33.9 Å². The molecular formula is C17H24N4O5. The third-order valence-corrected chi connectivity index (χ3v) is 4.41. The average molecular weight is 364 g/mol. The highest BCUT2D eigenvalue weighted by Crippen LogP contribution is 2.45. The average Bonchev–Trinajstić information content (AvgIpc) is 3.33. The van der Waals surface area contributed by atoms with Crippen LogP contribution >= 0.6 is 0 Å². The van der Waals surface area contributed by atoms with Gasteiger partial charge in [0.2, 0.25) is 0 Å². The third-order valence-electron chi connectivity index (χ3n) is 4.41. The number of benzene rings is 1. The SMILES string of the molecule is CN(C)C(=O)c1cccc([N+](=O)[O-])c1NC1(CCCCOC(N)=O)CC1. The molecule has 0 aromatic heterocycles. The molecule has 3 N–H and O–H groups in total. The summed E-state index contributed by atoms with van der Waals surface area (Å²) in [6.07, 6.45) is 3.13. The first-order valence-corrected chi connectivity index (χ1v) is 8.45. The highest BCUT2D eigenvalue weighted by atomic mass is 16.6. The minimum Gasteiger partial charge on any atom is -0.450 e. The molecule has 1 aromatic carbocycles. The summed E-state index contributed by atoms with van der Waals surface area (Å²) in [6.45, 7) is 0.251. The Morgan fingerprint density at radius 3 is 2.58 bits per heavy atom. The van der Waals surface area contributed by atoms with Crippen LogP contribution in [0.15, 0.2) is 18.2 Å². The van der Waals surface area contributed by atoms with Gasteiger partial charge in [-0.2, -0.15) is 0 Å². The van der Waals surface area contributed by atoms with E-state index in [0.29, 0.717) is 6.42 Å². The fraction of sp³-hybridized carbons (Fsp3) is 0.529. The number of nitrogens with two attached hydrogens (primary N) is 1. The zero-order valence-electron chi connectivity index (χ0n) is 15.0. The lowest BCUT2D eigenvalue weighted by Crippen LogP contribution is -2.27. The number of rotatable bonds is 9. The Kier molecular flexibility index (Phi) is 6.01. The first-order chi connectivity index (χ1) is 12.3. The van der Waals surface area contributed by atoms with Crippen molar-refractivity contribution in [2.45, 2.75) is 37.6 Å². The van der Waals surface area contributed by atoms with Gasteiger partial charge in [-0.15, -0.1) is 0 Å². The van der Waals surface area contributed by atoms with Crippen LogP contribution in [0.5, 0.6) is 0 Å². The second-order valence-corrected chi connectivity index (χ2v) is 6.69. The van der Waals surface area contributed by atoms with Crippen molar-refractivity contribution >= 4 is 23.4 Å². The molecule has 0 aliphatic heterocycles. The maximum Gasteiger partial charge on any atom is 0.404 e. The first kappa shape index (κ1) is 19.5. The summed E-state index contributed by atoms with van der Waals surface area (Å²) in [5, 5.41) is 14.7. The number of amides is 2. The van der Waals surface area contributed by atoms with Gasteiger partial charge < -0.3 is 20.7 Å². The van der Waals surface area contributed by atoms with Crippen LogP contribution in [0.3, 0.4) is 0 Å². The van der Waals surface area contributed by atoms with E-state index in [-0.39, 0.29) is 35.0 Å². The molecule has 9 nitrogen and oxygen atoms in total. The van der Waals surface area contributed by atoms with Crippen molar-refractivity contribution < 1.29 is 19.2 Å². The molecule has 1 aromatic rings. The Morgan fingerprint density at radius 1 is 1.35 bits per heavy atom. The van der Waals surface area contributed by atoms with Crippen LogP contribution in [-0.2, 0) is 4.74 Å². The van der Waals surface area contributed by atoms with Gasteiger partial charge in [-0.25, -0.2) is 4.79 Å². The zero-order chi connectivity index (χ0) is 19.3. The second-order valence-electron chi connectivity index (χ2n) is 6.69. The summed E-state index contributed by atoms with van der Waals surface area (Å²) >= 11 is 0. The summed E-state index contributed by atoms with van der Waals surface area (Å²) in [5.74, 6) is -0.290. The molecule has 0 heterocycles. The number of unbranched alkanes of at least 4 members (excludes halogenated alkanes) is 1. The van der Waals surface area contributed by atoms with Crippen LogP contribution in [0.1, 0.15) is 42.5 Å². The van der Waals surface area contributed by atoms with E-state index in [1.54, 1.807) is 20.2 Å². The Morgan fingerprint density at radius 2 is 2.04 bits per heavy atom. The van der Waals surface area contributed by atoms with Gasteiger partial charge in [0.25, 0.3) is 11.6 Å². The summed E-state index contributed by atoms with van der Waals surface area (Å²) in [4.78, 5) is 35.3. The number of nitrogens with one attached hydrogen (secondary N) is 1. The molecule has 1 aliphatic rings. The van der Waals surface area contributed by atoms with Crippen LogP contribution in [0.25, 0.3) is 0 Å². The summed E-state index contributed by atoms with van der Waals surface area (Å²) in [5.41, 5.74) is 5.09. The molecule has 26 heavy (non-hydrogen) atoms. The van der Waals surface area contributed by atoms with Crippen LogP contribution < -0.4 is 11.1 Å². The fourth-order valence-corrected chi connectivity index (χ4v) is 2.83. The lowest BCUT2D eigenvalue weighted by Gasteiger charge is -2.22. The van der Waals surface area contributed by atoms with Crippen molar-refractivity contribution in [3.63, 3.8) is 0 Å². The molecule has 0 unspecified atom stereocenters. The molecular weight excluding hydrogens is 340 g/mol. The fourth-order valence-electron chi connectivity index (χ4n) is 2.83. The molecule has 9 heteroatoms. The quantitative estimate of drug-likeness (QED) is 0.394. The third kappa shape index (κ3) is 4.84. The number of anilines is 1. The molecule has 2 amide bonds. The lowest BCUT2D eigenvalue weighted by molar-refractivity contribution is -0.384. The van der Waals surface area contributed by atoms with Gasteiger partial charge >= 0.3 is 6.09 Å². The van der Waals surface area contributed by atoms with Crippen molar-refractivity contribution in [1.82, 2.24) is 4.90 Å². The largest absolute Gasteiger partial charge is 0.450 e. The minimum absolute atomic E-state index is 0.110. The van der Waals surface area contributed by atoms with Gasteiger partial charge in [0.15, 0.2) is 0 Å².